The van der Waals surface area contributed by atoms with Crippen molar-refractivity contribution < 1.29 is 14.3 Å². The number of anilines is 2. The van der Waals surface area contributed by atoms with Crippen LogP contribution in [0.1, 0.15) is 33.9 Å². The molecule has 1 heterocycles. The van der Waals surface area contributed by atoms with Crippen LogP contribution >= 0.6 is 0 Å². The van der Waals surface area contributed by atoms with Crippen LogP contribution in [0.15, 0.2) is 53.3 Å². The zero-order valence-corrected chi connectivity index (χ0v) is 17.6. The van der Waals surface area contributed by atoms with Gasteiger partial charge in [0.15, 0.2) is 0 Å². The van der Waals surface area contributed by atoms with Gasteiger partial charge in [-0.2, -0.15) is 0 Å². The number of nitrogens with one attached hydrogen (secondary N) is 3. The molecule has 0 spiro atoms. The van der Waals surface area contributed by atoms with Crippen LogP contribution in [-0.2, 0) is 11.2 Å². The normalized spacial score (nSPS) is 10.4. The summed E-state index contributed by atoms with van der Waals surface area (Å²) in [6, 6.07) is 13.6. The lowest BCUT2D eigenvalue weighted by atomic mass is 10.1. The molecule has 3 aromatic rings. The van der Waals surface area contributed by atoms with Gasteiger partial charge >= 0.3 is 0 Å². The maximum absolute atomic E-state index is 12.4. The maximum Gasteiger partial charge on any atom is 0.255 e. The summed E-state index contributed by atoms with van der Waals surface area (Å²) in [6.45, 7) is 3.47. The molecule has 0 unspecified atom stereocenters. The lowest BCUT2D eigenvalue weighted by Gasteiger charge is -2.09. The van der Waals surface area contributed by atoms with E-state index in [4.69, 9.17) is 4.74 Å². The van der Waals surface area contributed by atoms with Crippen LogP contribution in [0, 0.1) is 13.8 Å². The molecule has 160 valence electrons. The Kier molecular flexibility index (Phi) is 6.81. The van der Waals surface area contributed by atoms with E-state index in [0.29, 0.717) is 46.2 Å². The van der Waals surface area contributed by atoms with Crippen molar-refractivity contribution in [3.63, 3.8) is 0 Å². The minimum absolute atomic E-state index is 0.147. The quantitative estimate of drug-likeness (QED) is 0.543. The largest absolute Gasteiger partial charge is 0.497 e. The number of amides is 2. The second-order valence-corrected chi connectivity index (χ2v) is 7.02. The van der Waals surface area contributed by atoms with E-state index in [1.165, 1.54) is 0 Å². The van der Waals surface area contributed by atoms with Crippen molar-refractivity contribution in [2.24, 2.45) is 0 Å². The highest BCUT2D eigenvalue weighted by atomic mass is 16.5. The number of ether oxygens (including phenoxy) is 1. The number of aromatic amines is 1. The Bertz CT molecular complexity index is 1140. The first kappa shape index (κ1) is 21.8. The summed E-state index contributed by atoms with van der Waals surface area (Å²) in [6.07, 6.45) is 0.441. The average molecular weight is 420 g/mol. The standard InChI is InChI=1S/C23H24N4O4/c1-14-20(23(30)25-15(2)24-14)12-13-21(28)26-17-6-4-16(5-7-17)22(29)27-18-8-10-19(31-3)11-9-18/h4-11H,12-13H2,1-3H3,(H,26,28)(H,27,29)(H,24,25,30). The molecular weight excluding hydrogens is 396 g/mol. The van der Waals surface area contributed by atoms with Crippen LogP contribution < -0.4 is 20.9 Å². The number of hydrogen-bond acceptors (Lipinski definition) is 5. The molecule has 1 aromatic heterocycles. The van der Waals surface area contributed by atoms with Gasteiger partial charge in [0.05, 0.1) is 7.11 Å². The summed E-state index contributed by atoms with van der Waals surface area (Å²) in [7, 11) is 1.58. The summed E-state index contributed by atoms with van der Waals surface area (Å²) in [4.78, 5) is 43.5. The first-order valence-electron chi connectivity index (χ1n) is 9.77. The van der Waals surface area contributed by atoms with E-state index in [1.807, 2.05) is 0 Å². The highest BCUT2D eigenvalue weighted by Gasteiger charge is 2.11. The van der Waals surface area contributed by atoms with Gasteiger partial charge in [-0.05, 0) is 68.8 Å². The van der Waals surface area contributed by atoms with Crippen LogP contribution in [0.3, 0.4) is 0 Å². The van der Waals surface area contributed by atoms with Crippen molar-refractivity contribution >= 4 is 23.2 Å². The van der Waals surface area contributed by atoms with Crippen molar-refractivity contribution in [2.75, 3.05) is 17.7 Å². The molecule has 0 saturated heterocycles. The first-order chi connectivity index (χ1) is 14.9. The molecule has 8 nitrogen and oxygen atoms in total. The van der Waals surface area contributed by atoms with Gasteiger partial charge in [-0.1, -0.05) is 0 Å². The predicted octanol–water partition coefficient (Wildman–Crippen LogP) is 3.22. The third-order valence-electron chi connectivity index (χ3n) is 4.72. The number of nitrogens with zero attached hydrogens (tertiary/aromatic N) is 1. The fourth-order valence-electron chi connectivity index (χ4n) is 3.09. The Morgan fingerprint density at radius 1 is 0.968 bits per heavy atom. The number of rotatable bonds is 7. The molecule has 0 fully saturated rings. The number of methoxy groups -OCH3 is 1. The van der Waals surface area contributed by atoms with E-state index in [0.717, 1.165) is 0 Å². The predicted molar refractivity (Wildman–Crippen MR) is 119 cm³/mol. The zero-order chi connectivity index (χ0) is 22.4. The van der Waals surface area contributed by atoms with Gasteiger partial charge in [-0.3, -0.25) is 14.4 Å². The van der Waals surface area contributed by atoms with Crippen molar-refractivity contribution in [3.8, 4) is 5.75 Å². The second-order valence-electron chi connectivity index (χ2n) is 7.02. The Hall–Kier alpha value is -3.94. The Morgan fingerprint density at radius 3 is 2.19 bits per heavy atom. The third-order valence-corrected chi connectivity index (χ3v) is 4.72. The van der Waals surface area contributed by atoms with Gasteiger partial charge in [0, 0.05) is 34.6 Å². The minimum atomic E-state index is -0.260. The van der Waals surface area contributed by atoms with Crippen molar-refractivity contribution in [1.29, 1.82) is 0 Å². The molecule has 3 N–H and O–H groups in total. The van der Waals surface area contributed by atoms with Crippen molar-refractivity contribution in [2.45, 2.75) is 26.7 Å². The SMILES string of the molecule is COc1ccc(NC(=O)c2ccc(NC(=O)CCc3c(C)nc(C)[nH]c3=O)cc2)cc1. The van der Waals surface area contributed by atoms with Crippen LogP contribution in [0.5, 0.6) is 5.75 Å². The molecule has 8 heteroatoms. The molecule has 0 saturated carbocycles. The third kappa shape index (κ3) is 5.79. The number of aromatic nitrogens is 2. The van der Waals surface area contributed by atoms with Crippen LogP contribution in [0.2, 0.25) is 0 Å². The Morgan fingerprint density at radius 2 is 1.58 bits per heavy atom. The molecule has 2 aromatic carbocycles. The maximum atomic E-state index is 12.4. The molecule has 0 aliphatic carbocycles. The number of H-pyrrole nitrogens is 1. The van der Waals surface area contributed by atoms with E-state index in [2.05, 4.69) is 20.6 Å². The van der Waals surface area contributed by atoms with E-state index < -0.39 is 0 Å². The summed E-state index contributed by atoms with van der Waals surface area (Å²) >= 11 is 0. The van der Waals surface area contributed by atoms with Crippen molar-refractivity contribution in [1.82, 2.24) is 9.97 Å². The number of carbonyl (C=O) groups is 2. The van der Waals surface area contributed by atoms with E-state index in [9.17, 15) is 14.4 Å². The zero-order valence-electron chi connectivity index (χ0n) is 17.6. The van der Waals surface area contributed by atoms with Crippen LogP contribution in [-0.4, -0.2) is 28.9 Å². The molecule has 0 aliphatic rings. The number of aryl methyl sites for hydroxylation is 2. The monoisotopic (exact) mass is 420 g/mol. The Balaban J connectivity index is 1.55. The topological polar surface area (TPSA) is 113 Å². The van der Waals surface area contributed by atoms with Gasteiger partial charge < -0.3 is 20.4 Å². The van der Waals surface area contributed by atoms with Gasteiger partial charge in [0.2, 0.25) is 5.91 Å². The second kappa shape index (κ2) is 9.71. The Labute approximate surface area is 179 Å². The molecule has 0 bridgehead atoms. The average Bonchev–Trinajstić information content (AvgIpc) is 2.74. The molecule has 31 heavy (non-hydrogen) atoms. The molecule has 2 amide bonds. The minimum Gasteiger partial charge on any atom is -0.497 e. The fraction of sp³-hybridized carbons (Fsp3) is 0.217. The summed E-state index contributed by atoms with van der Waals surface area (Å²) < 4.78 is 5.10. The van der Waals surface area contributed by atoms with Gasteiger partial charge in [0.25, 0.3) is 11.5 Å². The van der Waals surface area contributed by atoms with Gasteiger partial charge in [0.1, 0.15) is 11.6 Å². The highest BCUT2D eigenvalue weighted by molar-refractivity contribution is 6.04. The number of hydrogen-bond donors (Lipinski definition) is 3. The lowest BCUT2D eigenvalue weighted by molar-refractivity contribution is -0.116. The molecule has 3 rings (SSSR count). The van der Waals surface area contributed by atoms with E-state index >= 15 is 0 Å². The van der Waals surface area contributed by atoms with E-state index in [1.54, 1.807) is 69.5 Å². The fourth-order valence-corrected chi connectivity index (χ4v) is 3.09. The lowest BCUT2D eigenvalue weighted by Crippen LogP contribution is -2.20. The first-order valence-corrected chi connectivity index (χ1v) is 9.77. The number of benzene rings is 2. The molecular formula is C23H24N4O4. The van der Waals surface area contributed by atoms with Crippen molar-refractivity contribution in [3.05, 3.63) is 81.5 Å². The smallest absolute Gasteiger partial charge is 0.255 e. The van der Waals surface area contributed by atoms with Crippen LogP contribution in [0.4, 0.5) is 11.4 Å². The summed E-state index contributed by atoms with van der Waals surface area (Å²) in [5.41, 5.74) is 2.59. The summed E-state index contributed by atoms with van der Waals surface area (Å²) in [5, 5.41) is 5.58. The summed E-state index contributed by atoms with van der Waals surface area (Å²) in [5.74, 6) is 0.766. The van der Waals surface area contributed by atoms with Crippen LogP contribution in [0.25, 0.3) is 0 Å². The highest BCUT2D eigenvalue weighted by Crippen LogP contribution is 2.17. The molecule has 0 radical (unpaired) electrons. The number of carbonyl (C=O) groups excluding carboxylic acids is 2. The van der Waals surface area contributed by atoms with E-state index in [-0.39, 0.29) is 23.8 Å². The van der Waals surface area contributed by atoms with Gasteiger partial charge in [-0.25, -0.2) is 4.98 Å². The molecule has 0 aliphatic heterocycles. The molecule has 0 atom stereocenters. The van der Waals surface area contributed by atoms with Gasteiger partial charge in [-0.15, -0.1) is 0 Å².